The minimum absolute atomic E-state index is 0.0474. The number of aromatic nitrogens is 2. The number of rotatable bonds is 8. The molecule has 206 valence electrons. The van der Waals surface area contributed by atoms with E-state index in [1.54, 1.807) is 36.3 Å². The summed E-state index contributed by atoms with van der Waals surface area (Å²) < 4.78 is 5.83. The van der Waals surface area contributed by atoms with Crippen molar-refractivity contribution in [2.45, 2.75) is 20.8 Å². The van der Waals surface area contributed by atoms with Crippen LogP contribution in [0.2, 0.25) is 0 Å². The molecule has 0 bridgehead atoms. The van der Waals surface area contributed by atoms with Crippen molar-refractivity contribution in [3.05, 3.63) is 93.3 Å². The van der Waals surface area contributed by atoms with Crippen LogP contribution in [0.5, 0.6) is 0 Å². The molecule has 0 aliphatic rings. The first-order valence-corrected chi connectivity index (χ1v) is 13.3. The molecule has 3 N–H and O–H groups in total. The van der Waals surface area contributed by atoms with Crippen LogP contribution >= 0.6 is 11.3 Å². The van der Waals surface area contributed by atoms with E-state index in [4.69, 9.17) is 5.73 Å². The second-order valence-electron chi connectivity index (χ2n) is 9.55. The van der Waals surface area contributed by atoms with Gasteiger partial charge in [0.15, 0.2) is 5.13 Å². The maximum atomic E-state index is 13.6. The van der Waals surface area contributed by atoms with Crippen LogP contribution in [0.3, 0.4) is 0 Å². The molecule has 2 aromatic heterocycles. The molecule has 0 saturated heterocycles. The lowest BCUT2D eigenvalue weighted by Crippen LogP contribution is -2.34. The highest BCUT2D eigenvalue weighted by Crippen LogP contribution is 2.33. The number of carbonyl (C=O) groups is 3. The van der Waals surface area contributed by atoms with Crippen LogP contribution in [0, 0.1) is 12.8 Å². The highest BCUT2D eigenvalue weighted by molar-refractivity contribution is 7.17. The lowest BCUT2D eigenvalue weighted by Gasteiger charge is -2.27. The molecule has 0 atom stereocenters. The second kappa shape index (κ2) is 12.0. The van der Waals surface area contributed by atoms with Gasteiger partial charge in [0.1, 0.15) is 10.6 Å². The Hall–Kier alpha value is -4.77. The summed E-state index contributed by atoms with van der Waals surface area (Å²) >= 11 is 0.913. The summed E-state index contributed by atoms with van der Waals surface area (Å²) in [5.74, 6) is -0.789. The normalized spacial score (nSPS) is 10.8. The number of benzene rings is 2. The van der Waals surface area contributed by atoms with Crippen LogP contribution in [-0.4, -0.2) is 34.1 Å². The van der Waals surface area contributed by atoms with E-state index in [9.17, 15) is 19.2 Å². The number of aryl methyl sites for hydroxylation is 1. The molecule has 4 rings (SSSR count). The van der Waals surface area contributed by atoms with E-state index >= 15 is 0 Å². The van der Waals surface area contributed by atoms with Crippen molar-refractivity contribution in [2.24, 2.45) is 18.7 Å². The summed E-state index contributed by atoms with van der Waals surface area (Å²) in [6.07, 6.45) is 1.74. The lowest BCUT2D eigenvalue weighted by atomic mass is 9.98. The molecular weight excluding hydrogens is 530 g/mol. The first-order chi connectivity index (χ1) is 19.0. The first-order valence-electron chi connectivity index (χ1n) is 12.5. The zero-order valence-electron chi connectivity index (χ0n) is 22.5. The highest BCUT2D eigenvalue weighted by atomic mass is 32.1. The van der Waals surface area contributed by atoms with Gasteiger partial charge in [-0.2, -0.15) is 0 Å². The van der Waals surface area contributed by atoms with Crippen molar-refractivity contribution in [1.29, 1.82) is 0 Å². The Morgan fingerprint density at radius 3 is 2.52 bits per heavy atom. The first kappa shape index (κ1) is 28.2. The number of thiazole rings is 1. The topological polar surface area (TPSA) is 137 Å². The summed E-state index contributed by atoms with van der Waals surface area (Å²) in [7, 11) is 1.64. The summed E-state index contributed by atoms with van der Waals surface area (Å²) in [4.78, 5) is 55.3. The van der Waals surface area contributed by atoms with E-state index in [0.29, 0.717) is 12.1 Å². The van der Waals surface area contributed by atoms with Gasteiger partial charge in [-0.05, 0) is 48.2 Å². The van der Waals surface area contributed by atoms with Crippen LogP contribution in [0.25, 0.3) is 11.1 Å². The van der Waals surface area contributed by atoms with Gasteiger partial charge in [-0.15, -0.1) is 0 Å². The fourth-order valence-corrected chi connectivity index (χ4v) is 4.96. The Morgan fingerprint density at radius 1 is 1.12 bits per heavy atom. The average Bonchev–Trinajstić information content (AvgIpc) is 3.38. The summed E-state index contributed by atoms with van der Waals surface area (Å²) in [5, 5.41) is 3.22. The molecule has 11 heteroatoms. The molecule has 2 heterocycles. The minimum atomic E-state index is -1.22. The average molecular weight is 560 g/mol. The van der Waals surface area contributed by atoms with Crippen molar-refractivity contribution in [2.75, 3.05) is 16.8 Å². The largest absolute Gasteiger partial charge is 0.412 e. The molecule has 4 aromatic rings. The van der Waals surface area contributed by atoms with Crippen molar-refractivity contribution < 1.29 is 19.1 Å². The standard InChI is InChI=1S/C29H29N5O5S/c1-17(2)15-34(25(35)19-9-6-5-7-10-19)23-12-8-11-21(18(23)3)20-13-22(26(36)33(4)16-20)32-29-31-14-24(40-29)27(37)39-28(30)38/h5-14,16-17H,15H2,1-4H3,(H2,30,38)(H,31,32). The van der Waals surface area contributed by atoms with Gasteiger partial charge in [-0.1, -0.05) is 55.5 Å². The lowest BCUT2D eigenvalue weighted by molar-refractivity contribution is 0.0643. The number of nitrogens with two attached hydrogens (primary N) is 1. The van der Waals surface area contributed by atoms with Crippen molar-refractivity contribution >= 4 is 45.8 Å². The third-order valence-corrected chi connectivity index (χ3v) is 6.94. The van der Waals surface area contributed by atoms with Gasteiger partial charge >= 0.3 is 12.1 Å². The monoisotopic (exact) mass is 559 g/mol. The Morgan fingerprint density at radius 2 is 1.85 bits per heavy atom. The summed E-state index contributed by atoms with van der Waals surface area (Å²) in [6, 6.07) is 16.6. The zero-order chi connectivity index (χ0) is 29.0. The molecule has 2 amide bonds. The predicted octanol–water partition coefficient (Wildman–Crippen LogP) is 5.10. The van der Waals surface area contributed by atoms with Gasteiger partial charge in [-0.3, -0.25) is 9.59 Å². The maximum Gasteiger partial charge on any atom is 0.412 e. The molecule has 0 fully saturated rings. The molecule has 0 aliphatic heterocycles. The molecule has 0 aliphatic carbocycles. The van der Waals surface area contributed by atoms with E-state index in [0.717, 1.165) is 33.7 Å². The number of esters is 1. The molecule has 0 unspecified atom stereocenters. The zero-order valence-corrected chi connectivity index (χ0v) is 23.3. The van der Waals surface area contributed by atoms with Gasteiger partial charge in [-0.25, -0.2) is 14.6 Å². The number of primary amides is 1. The predicted molar refractivity (Wildman–Crippen MR) is 155 cm³/mol. The van der Waals surface area contributed by atoms with Gasteiger partial charge in [0.05, 0.1) is 6.20 Å². The van der Waals surface area contributed by atoms with Gasteiger partial charge in [0.2, 0.25) is 0 Å². The summed E-state index contributed by atoms with van der Waals surface area (Å²) in [6.45, 7) is 6.61. The minimum Gasteiger partial charge on any atom is -0.372 e. The third-order valence-electron chi connectivity index (χ3n) is 6.05. The van der Waals surface area contributed by atoms with Crippen molar-refractivity contribution in [1.82, 2.24) is 9.55 Å². The maximum absolute atomic E-state index is 13.6. The number of nitrogens with zero attached hydrogens (tertiary/aromatic N) is 3. The Kier molecular flexibility index (Phi) is 8.44. The number of carbonyl (C=O) groups excluding carboxylic acids is 3. The highest BCUT2D eigenvalue weighted by Gasteiger charge is 2.22. The van der Waals surface area contributed by atoms with Crippen LogP contribution < -0.4 is 21.5 Å². The van der Waals surface area contributed by atoms with Crippen molar-refractivity contribution in [3.63, 3.8) is 0 Å². The molecule has 0 saturated carbocycles. The van der Waals surface area contributed by atoms with E-state index in [1.807, 2.05) is 43.3 Å². The van der Waals surface area contributed by atoms with Crippen LogP contribution in [0.4, 0.5) is 21.3 Å². The molecule has 0 spiro atoms. The number of anilines is 3. The Balaban J connectivity index is 1.71. The number of amides is 2. The van der Waals surface area contributed by atoms with Crippen molar-refractivity contribution in [3.8, 4) is 11.1 Å². The third kappa shape index (κ3) is 6.26. The molecule has 10 nitrogen and oxygen atoms in total. The fraction of sp³-hybridized carbons (Fsp3) is 0.207. The van der Waals surface area contributed by atoms with E-state index in [-0.39, 0.29) is 33.1 Å². The molecule has 0 radical (unpaired) electrons. The summed E-state index contributed by atoms with van der Waals surface area (Å²) in [5.41, 5.74) is 8.66. The van der Waals surface area contributed by atoms with Crippen LogP contribution in [0.15, 0.2) is 71.8 Å². The number of nitrogens with one attached hydrogen (secondary N) is 1. The second-order valence-corrected chi connectivity index (χ2v) is 10.6. The Bertz CT molecular complexity index is 1630. The van der Waals surface area contributed by atoms with E-state index in [1.165, 1.54) is 10.8 Å². The van der Waals surface area contributed by atoms with E-state index < -0.39 is 12.1 Å². The smallest absolute Gasteiger partial charge is 0.372 e. The fourth-order valence-electron chi connectivity index (χ4n) is 4.25. The van der Waals surface area contributed by atoms with E-state index in [2.05, 4.69) is 28.9 Å². The molecular formula is C29H29N5O5S. The number of pyridine rings is 1. The Labute approximate surface area is 235 Å². The number of hydrogen-bond acceptors (Lipinski definition) is 8. The van der Waals surface area contributed by atoms with Gasteiger partial charge in [0.25, 0.3) is 11.5 Å². The van der Waals surface area contributed by atoms with Gasteiger partial charge < -0.3 is 25.3 Å². The number of ether oxygens (including phenoxy) is 1. The number of hydrogen-bond donors (Lipinski definition) is 2. The molecule has 2 aromatic carbocycles. The molecule has 40 heavy (non-hydrogen) atoms. The van der Waals surface area contributed by atoms with Crippen LogP contribution in [-0.2, 0) is 11.8 Å². The SMILES string of the molecule is Cc1c(-c2cc(Nc3ncc(C(=O)OC(N)=O)s3)c(=O)n(C)c2)cccc1N(CC(C)C)C(=O)c1ccccc1. The quantitative estimate of drug-likeness (QED) is 0.226. The van der Waals surface area contributed by atoms with Crippen LogP contribution in [0.1, 0.15) is 39.4 Å². The van der Waals surface area contributed by atoms with Gasteiger partial charge in [0, 0.05) is 36.6 Å².